The number of pyridine rings is 1. The number of anilines is 1. The maximum absolute atomic E-state index is 12.5. The summed E-state index contributed by atoms with van der Waals surface area (Å²) in [6, 6.07) is 9.95. The second-order valence-electron chi connectivity index (χ2n) is 5.83. The Morgan fingerprint density at radius 3 is 2.40 bits per heavy atom. The lowest BCUT2D eigenvalue weighted by atomic mass is 10.1. The van der Waals surface area contributed by atoms with Crippen LogP contribution in [-0.4, -0.2) is 31.6 Å². The number of aromatic nitrogens is 1. The third kappa shape index (κ3) is 5.03. The minimum absolute atomic E-state index is 0.295. The maximum atomic E-state index is 12.5. The minimum Gasteiger partial charge on any atom is -0.350 e. The molecule has 0 bridgehead atoms. The molecule has 1 heterocycles. The number of amides is 1. The van der Waals surface area contributed by atoms with E-state index in [4.69, 9.17) is 0 Å². The first-order valence-electron chi connectivity index (χ1n) is 8.08. The normalized spacial score (nSPS) is 12.4. The van der Waals surface area contributed by atoms with Crippen molar-refractivity contribution >= 4 is 21.6 Å². The SMILES string of the molecule is CCc1ccc(N(C(C)C(=O)NCc2cccnc2)S(C)(=O)=O)cc1. The van der Waals surface area contributed by atoms with Crippen molar-refractivity contribution in [3.05, 3.63) is 59.9 Å². The number of sulfonamides is 1. The van der Waals surface area contributed by atoms with Crippen molar-refractivity contribution in [3.8, 4) is 0 Å². The molecule has 6 nitrogen and oxygen atoms in total. The fourth-order valence-corrected chi connectivity index (χ4v) is 3.70. The number of hydrogen-bond acceptors (Lipinski definition) is 4. The number of nitrogens with one attached hydrogen (secondary N) is 1. The summed E-state index contributed by atoms with van der Waals surface area (Å²) in [6.07, 6.45) is 5.27. The number of nitrogens with zero attached hydrogens (tertiary/aromatic N) is 2. The standard InChI is InChI=1S/C18H23N3O3S/c1-4-15-7-9-17(10-8-15)21(25(3,23)24)14(2)18(22)20-13-16-6-5-11-19-12-16/h5-12,14H,4,13H2,1-3H3,(H,20,22). The van der Waals surface area contributed by atoms with Crippen LogP contribution in [0.5, 0.6) is 0 Å². The van der Waals surface area contributed by atoms with Crippen LogP contribution in [-0.2, 0) is 27.8 Å². The number of benzene rings is 1. The molecule has 2 aromatic rings. The van der Waals surface area contributed by atoms with Gasteiger partial charge in [0.1, 0.15) is 6.04 Å². The summed E-state index contributed by atoms with van der Waals surface area (Å²) < 4.78 is 25.6. The van der Waals surface area contributed by atoms with Gasteiger partial charge in [-0.15, -0.1) is 0 Å². The molecule has 1 aromatic carbocycles. The molecule has 0 radical (unpaired) electrons. The summed E-state index contributed by atoms with van der Waals surface area (Å²) in [5, 5.41) is 2.76. The molecule has 0 fully saturated rings. The zero-order chi connectivity index (χ0) is 18.4. The number of carbonyl (C=O) groups excluding carboxylic acids is 1. The van der Waals surface area contributed by atoms with Crippen LogP contribution in [0.25, 0.3) is 0 Å². The largest absolute Gasteiger partial charge is 0.350 e. The topological polar surface area (TPSA) is 79.4 Å². The first-order valence-corrected chi connectivity index (χ1v) is 9.92. The van der Waals surface area contributed by atoms with Gasteiger partial charge in [-0.3, -0.25) is 14.1 Å². The third-order valence-electron chi connectivity index (χ3n) is 3.88. The van der Waals surface area contributed by atoms with Crippen molar-refractivity contribution < 1.29 is 13.2 Å². The van der Waals surface area contributed by atoms with Crippen LogP contribution in [0.1, 0.15) is 25.0 Å². The summed E-state index contributed by atoms with van der Waals surface area (Å²) in [4.78, 5) is 16.5. The van der Waals surface area contributed by atoms with Crippen molar-refractivity contribution in [2.75, 3.05) is 10.6 Å². The maximum Gasteiger partial charge on any atom is 0.243 e. The molecule has 0 aliphatic heterocycles. The smallest absolute Gasteiger partial charge is 0.243 e. The predicted molar refractivity (Wildman–Crippen MR) is 98.7 cm³/mol. The van der Waals surface area contributed by atoms with Crippen molar-refractivity contribution in [2.45, 2.75) is 32.9 Å². The van der Waals surface area contributed by atoms with Gasteiger partial charge in [0, 0.05) is 18.9 Å². The van der Waals surface area contributed by atoms with Crippen LogP contribution in [0.4, 0.5) is 5.69 Å². The predicted octanol–water partition coefficient (Wildman–Crippen LogP) is 2.11. The lowest BCUT2D eigenvalue weighted by Gasteiger charge is -2.28. The molecule has 1 aromatic heterocycles. The average molecular weight is 361 g/mol. The fraction of sp³-hybridized carbons (Fsp3) is 0.333. The van der Waals surface area contributed by atoms with E-state index >= 15 is 0 Å². The third-order valence-corrected chi connectivity index (χ3v) is 5.12. The molecule has 1 unspecified atom stereocenters. The summed E-state index contributed by atoms with van der Waals surface area (Å²) in [5.41, 5.74) is 2.43. The molecule has 0 aliphatic carbocycles. The summed E-state index contributed by atoms with van der Waals surface area (Å²) >= 11 is 0. The van der Waals surface area contributed by atoms with Gasteiger partial charge < -0.3 is 5.32 Å². The van der Waals surface area contributed by atoms with E-state index in [2.05, 4.69) is 10.3 Å². The first-order chi connectivity index (χ1) is 11.8. The number of aryl methyl sites for hydroxylation is 1. The molecular formula is C18H23N3O3S. The molecule has 2 rings (SSSR count). The van der Waals surface area contributed by atoms with Crippen LogP contribution in [0, 0.1) is 0 Å². The van der Waals surface area contributed by atoms with E-state index in [1.807, 2.05) is 25.1 Å². The zero-order valence-corrected chi connectivity index (χ0v) is 15.5. The van der Waals surface area contributed by atoms with Crippen LogP contribution in [0.3, 0.4) is 0 Å². The van der Waals surface area contributed by atoms with Crippen LogP contribution in [0.2, 0.25) is 0 Å². The monoisotopic (exact) mass is 361 g/mol. The highest BCUT2D eigenvalue weighted by Gasteiger charge is 2.28. The molecule has 0 saturated heterocycles. The lowest BCUT2D eigenvalue weighted by Crippen LogP contribution is -2.47. The second-order valence-corrected chi connectivity index (χ2v) is 7.69. The van der Waals surface area contributed by atoms with E-state index in [9.17, 15) is 13.2 Å². The highest BCUT2D eigenvalue weighted by atomic mass is 32.2. The van der Waals surface area contributed by atoms with E-state index in [0.717, 1.165) is 28.1 Å². The van der Waals surface area contributed by atoms with Crippen molar-refractivity contribution in [3.63, 3.8) is 0 Å². The Bertz CT molecular complexity index is 805. The molecule has 1 N–H and O–H groups in total. The van der Waals surface area contributed by atoms with Crippen LogP contribution >= 0.6 is 0 Å². The van der Waals surface area contributed by atoms with Gasteiger partial charge in [-0.25, -0.2) is 8.42 Å². The van der Waals surface area contributed by atoms with Gasteiger partial charge in [0.2, 0.25) is 15.9 Å². The quantitative estimate of drug-likeness (QED) is 0.819. The van der Waals surface area contributed by atoms with Crippen molar-refractivity contribution in [1.29, 1.82) is 0 Å². The Kier molecular flexibility index (Phi) is 6.14. The van der Waals surface area contributed by atoms with Gasteiger partial charge in [0.15, 0.2) is 0 Å². The molecule has 25 heavy (non-hydrogen) atoms. The molecule has 0 aliphatic rings. The average Bonchev–Trinajstić information content (AvgIpc) is 2.60. The van der Waals surface area contributed by atoms with Gasteiger partial charge in [-0.2, -0.15) is 0 Å². The Labute approximate surface area is 148 Å². The van der Waals surface area contributed by atoms with Crippen molar-refractivity contribution in [2.24, 2.45) is 0 Å². The van der Waals surface area contributed by atoms with E-state index in [1.54, 1.807) is 37.5 Å². The fourth-order valence-electron chi connectivity index (χ4n) is 2.53. The summed E-state index contributed by atoms with van der Waals surface area (Å²) in [7, 11) is -3.60. The molecule has 134 valence electrons. The molecule has 1 atom stereocenters. The van der Waals surface area contributed by atoms with Gasteiger partial charge in [-0.1, -0.05) is 25.1 Å². The summed E-state index contributed by atoms with van der Waals surface area (Å²) in [6.45, 7) is 3.90. The lowest BCUT2D eigenvalue weighted by molar-refractivity contribution is -0.122. The number of carbonyl (C=O) groups is 1. The molecule has 1 amide bonds. The Hall–Kier alpha value is -2.41. The highest BCUT2D eigenvalue weighted by molar-refractivity contribution is 7.92. The summed E-state index contributed by atoms with van der Waals surface area (Å²) in [5.74, 6) is -0.367. The van der Waals surface area contributed by atoms with E-state index < -0.39 is 16.1 Å². The minimum atomic E-state index is -3.60. The zero-order valence-electron chi connectivity index (χ0n) is 14.6. The molecular weight excluding hydrogens is 338 g/mol. The number of hydrogen-bond donors (Lipinski definition) is 1. The Morgan fingerprint density at radius 2 is 1.88 bits per heavy atom. The van der Waals surface area contributed by atoms with Gasteiger partial charge >= 0.3 is 0 Å². The van der Waals surface area contributed by atoms with E-state index in [-0.39, 0.29) is 5.91 Å². The van der Waals surface area contributed by atoms with Gasteiger partial charge in [0.25, 0.3) is 0 Å². The van der Waals surface area contributed by atoms with Gasteiger partial charge in [0.05, 0.1) is 11.9 Å². The highest BCUT2D eigenvalue weighted by Crippen LogP contribution is 2.21. The molecule has 0 spiro atoms. The van der Waals surface area contributed by atoms with Crippen LogP contribution in [0.15, 0.2) is 48.8 Å². The van der Waals surface area contributed by atoms with Crippen LogP contribution < -0.4 is 9.62 Å². The van der Waals surface area contributed by atoms with Gasteiger partial charge in [-0.05, 0) is 42.7 Å². The first kappa shape index (κ1) is 18.9. The molecule has 7 heteroatoms. The molecule has 0 saturated carbocycles. The Morgan fingerprint density at radius 1 is 1.20 bits per heavy atom. The second kappa shape index (κ2) is 8.11. The van der Waals surface area contributed by atoms with E-state index in [1.165, 1.54) is 0 Å². The Balaban J connectivity index is 2.17. The van der Waals surface area contributed by atoms with Crippen molar-refractivity contribution in [1.82, 2.24) is 10.3 Å². The van der Waals surface area contributed by atoms with E-state index in [0.29, 0.717) is 12.2 Å². The number of rotatable bonds is 7.